The maximum atomic E-state index is 13.4. The van der Waals surface area contributed by atoms with Crippen LogP contribution < -0.4 is 5.32 Å². The number of alkyl halides is 3. The minimum Gasteiger partial charge on any atom is -0.507 e. The van der Waals surface area contributed by atoms with Gasteiger partial charge in [-0.1, -0.05) is 0 Å². The zero-order valence-corrected chi connectivity index (χ0v) is 23.0. The van der Waals surface area contributed by atoms with Gasteiger partial charge in [0.25, 0.3) is 0 Å². The lowest BCUT2D eigenvalue weighted by atomic mass is 9.72. The summed E-state index contributed by atoms with van der Waals surface area (Å²) < 4.78 is 50.2. The Bertz CT molecular complexity index is 1570. The molecule has 43 heavy (non-hydrogen) atoms. The van der Waals surface area contributed by atoms with Crippen LogP contribution in [0.15, 0.2) is 12.3 Å². The average molecular weight is 609 g/mol. The summed E-state index contributed by atoms with van der Waals surface area (Å²) in [5.41, 5.74) is -3.68. The predicted octanol–water partition coefficient (Wildman–Crippen LogP) is 1.44. The number of ether oxygens (including phenoxy) is 2. The number of carbonyl (C=O) groups excluding carboxylic acids is 4. The standard InChI is InChI=1S/C28H27F3N2O10/c1-9-4-12-20(32-8-9)25(39)19-18(22(12)36)23(37)13-6-27(41,11(3)34)7-15(17(13)24(19)38)43-16-5-14(21(35)10(2)42-16)33-26(40)28(29,30)31/h4,8,10,14-16,21,35,37-38,41H,5-7H2,1-3H3,(H,33,40). The smallest absolute Gasteiger partial charge is 0.471 e. The number of aliphatic hydroxyl groups is 2. The van der Waals surface area contributed by atoms with Crippen molar-refractivity contribution in [3.8, 4) is 11.5 Å². The number of aliphatic hydroxyl groups excluding tert-OH is 1. The van der Waals surface area contributed by atoms with Gasteiger partial charge < -0.3 is 35.2 Å². The first-order valence-corrected chi connectivity index (χ1v) is 13.2. The van der Waals surface area contributed by atoms with E-state index in [0.717, 1.165) is 6.92 Å². The monoisotopic (exact) mass is 608 g/mol. The molecule has 1 saturated heterocycles. The number of Topliss-reactive ketones (excluding diaryl/α,β-unsaturated/α-hetero) is 1. The van der Waals surface area contributed by atoms with E-state index < -0.39 is 108 Å². The molecule has 1 aromatic heterocycles. The molecule has 0 bridgehead atoms. The van der Waals surface area contributed by atoms with Crippen molar-refractivity contribution in [3.05, 3.63) is 51.3 Å². The van der Waals surface area contributed by atoms with Crippen molar-refractivity contribution in [2.45, 2.75) is 82.5 Å². The number of aromatic hydroxyl groups is 2. The summed E-state index contributed by atoms with van der Waals surface area (Å²) in [6.45, 7) is 4.00. The normalized spacial score (nSPS) is 28.5. The lowest BCUT2D eigenvalue weighted by Crippen LogP contribution is -2.57. The van der Waals surface area contributed by atoms with Crippen LogP contribution in [0.2, 0.25) is 0 Å². The highest BCUT2D eigenvalue weighted by Gasteiger charge is 2.50. The molecule has 1 aliphatic heterocycles. The first-order chi connectivity index (χ1) is 19.9. The Hall–Kier alpha value is -3.92. The van der Waals surface area contributed by atoms with Gasteiger partial charge in [0.05, 0.1) is 34.9 Å². The number of nitrogens with zero attached hydrogens (tertiary/aromatic N) is 1. The number of halogens is 3. The molecule has 6 atom stereocenters. The van der Waals surface area contributed by atoms with E-state index in [1.165, 1.54) is 19.2 Å². The second-order valence-electron chi connectivity index (χ2n) is 11.1. The Morgan fingerprint density at radius 1 is 1.16 bits per heavy atom. The average Bonchev–Trinajstić information content (AvgIpc) is 2.91. The number of aromatic nitrogens is 1. The van der Waals surface area contributed by atoms with Crippen molar-refractivity contribution in [3.63, 3.8) is 0 Å². The zero-order chi connectivity index (χ0) is 31.8. The van der Waals surface area contributed by atoms with Crippen LogP contribution in [0, 0.1) is 6.92 Å². The van der Waals surface area contributed by atoms with Gasteiger partial charge in [-0.25, -0.2) is 0 Å². The highest BCUT2D eigenvalue weighted by molar-refractivity contribution is 6.30. The number of rotatable bonds is 4. The summed E-state index contributed by atoms with van der Waals surface area (Å²) in [5.74, 6) is -6.33. The maximum absolute atomic E-state index is 13.4. The zero-order valence-electron chi connectivity index (χ0n) is 23.0. The number of fused-ring (bicyclic) bond motifs is 3. The molecule has 15 heteroatoms. The number of phenols is 2. The van der Waals surface area contributed by atoms with Crippen molar-refractivity contribution in [2.75, 3.05) is 0 Å². The van der Waals surface area contributed by atoms with Crippen LogP contribution in [-0.4, -0.2) is 85.0 Å². The molecule has 12 nitrogen and oxygen atoms in total. The highest BCUT2D eigenvalue weighted by atomic mass is 19.4. The van der Waals surface area contributed by atoms with Gasteiger partial charge in [-0.3, -0.25) is 24.2 Å². The van der Waals surface area contributed by atoms with Crippen LogP contribution in [0.3, 0.4) is 0 Å². The van der Waals surface area contributed by atoms with Crippen LogP contribution in [0.25, 0.3) is 0 Å². The molecule has 1 aromatic carbocycles. The van der Waals surface area contributed by atoms with Gasteiger partial charge in [0.15, 0.2) is 17.9 Å². The van der Waals surface area contributed by atoms with Gasteiger partial charge in [0.1, 0.15) is 28.9 Å². The first kappa shape index (κ1) is 30.5. The lowest BCUT2D eigenvalue weighted by molar-refractivity contribution is -0.250. The summed E-state index contributed by atoms with van der Waals surface area (Å²) in [6, 6.07) is -0.100. The van der Waals surface area contributed by atoms with E-state index in [9.17, 15) is 52.8 Å². The summed E-state index contributed by atoms with van der Waals surface area (Å²) in [6.07, 6.45) is -11.3. The third-order valence-electron chi connectivity index (χ3n) is 8.09. The first-order valence-electron chi connectivity index (χ1n) is 13.2. The fourth-order valence-electron chi connectivity index (χ4n) is 5.81. The molecule has 1 fully saturated rings. The van der Waals surface area contributed by atoms with Gasteiger partial charge in [0, 0.05) is 36.6 Å². The topological polar surface area (TPSA) is 193 Å². The number of benzene rings is 1. The van der Waals surface area contributed by atoms with Crippen LogP contribution >= 0.6 is 0 Å². The number of ketones is 3. The van der Waals surface area contributed by atoms with E-state index >= 15 is 0 Å². The van der Waals surface area contributed by atoms with E-state index in [0.29, 0.717) is 5.56 Å². The Morgan fingerprint density at radius 2 is 1.81 bits per heavy atom. The van der Waals surface area contributed by atoms with Crippen molar-refractivity contribution in [1.29, 1.82) is 0 Å². The molecule has 6 unspecified atom stereocenters. The van der Waals surface area contributed by atoms with E-state index in [-0.39, 0.29) is 22.4 Å². The van der Waals surface area contributed by atoms with E-state index in [1.54, 1.807) is 12.2 Å². The Balaban J connectivity index is 1.58. The second kappa shape index (κ2) is 10.4. The van der Waals surface area contributed by atoms with Crippen molar-refractivity contribution >= 4 is 23.3 Å². The number of amides is 1. The molecule has 2 aliphatic carbocycles. The predicted molar refractivity (Wildman–Crippen MR) is 136 cm³/mol. The summed E-state index contributed by atoms with van der Waals surface area (Å²) >= 11 is 0. The molecule has 5 rings (SSSR count). The number of nitrogens with one attached hydrogen (secondary N) is 1. The molecule has 0 spiro atoms. The van der Waals surface area contributed by atoms with E-state index in [2.05, 4.69) is 4.98 Å². The van der Waals surface area contributed by atoms with Crippen molar-refractivity contribution in [1.82, 2.24) is 10.3 Å². The molecule has 0 radical (unpaired) electrons. The minimum atomic E-state index is -5.24. The van der Waals surface area contributed by atoms with Crippen molar-refractivity contribution < 1.29 is 62.2 Å². The Morgan fingerprint density at radius 3 is 2.44 bits per heavy atom. The van der Waals surface area contributed by atoms with Gasteiger partial charge in [-0.2, -0.15) is 13.2 Å². The van der Waals surface area contributed by atoms with Crippen LogP contribution in [0.5, 0.6) is 11.5 Å². The Labute approximate surface area is 241 Å². The fraction of sp³-hybridized carbons (Fsp3) is 0.464. The number of hydrogen-bond acceptors (Lipinski definition) is 11. The Kier molecular flexibility index (Phi) is 7.36. The molecule has 1 amide bonds. The number of carbonyl (C=O) groups is 4. The number of hydrogen-bond donors (Lipinski definition) is 5. The fourth-order valence-corrected chi connectivity index (χ4v) is 5.81. The molecule has 5 N–H and O–H groups in total. The lowest BCUT2D eigenvalue weighted by Gasteiger charge is -2.42. The molecule has 230 valence electrons. The highest BCUT2D eigenvalue weighted by Crippen LogP contribution is 2.52. The van der Waals surface area contributed by atoms with Crippen LogP contribution in [-0.2, 0) is 25.5 Å². The van der Waals surface area contributed by atoms with Crippen LogP contribution in [0.4, 0.5) is 13.2 Å². The van der Waals surface area contributed by atoms with Crippen LogP contribution in [0.1, 0.15) is 81.5 Å². The van der Waals surface area contributed by atoms with Gasteiger partial charge in [-0.15, -0.1) is 0 Å². The number of pyridine rings is 1. The third kappa shape index (κ3) is 5.05. The summed E-state index contributed by atoms with van der Waals surface area (Å²) in [5, 5.41) is 46.0. The van der Waals surface area contributed by atoms with Crippen molar-refractivity contribution in [2.24, 2.45) is 0 Å². The molecular weight excluding hydrogens is 581 g/mol. The number of aryl methyl sites for hydroxylation is 1. The summed E-state index contributed by atoms with van der Waals surface area (Å²) in [7, 11) is 0. The van der Waals surface area contributed by atoms with E-state index in [4.69, 9.17) is 9.47 Å². The van der Waals surface area contributed by atoms with Gasteiger partial charge in [-0.05, 0) is 32.4 Å². The third-order valence-corrected chi connectivity index (χ3v) is 8.09. The van der Waals surface area contributed by atoms with Gasteiger partial charge >= 0.3 is 12.1 Å². The second-order valence-corrected chi connectivity index (χ2v) is 11.1. The molecular formula is C28H27F3N2O10. The minimum absolute atomic E-state index is 0.118. The molecule has 2 heterocycles. The largest absolute Gasteiger partial charge is 0.507 e. The summed E-state index contributed by atoms with van der Waals surface area (Å²) in [4.78, 5) is 55.0. The maximum Gasteiger partial charge on any atom is 0.471 e. The molecule has 2 aromatic rings. The SMILES string of the molecule is CC(=O)C1(O)Cc2c(O)c3c(c(O)c2C(OC2CC(NC(=O)C(F)(F)F)C(O)C(C)O2)C1)C(=O)c1ncc(C)cc1C3=O. The molecule has 3 aliphatic rings. The molecule has 0 saturated carbocycles. The number of phenolic OH excluding ortho intramolecular Hbond substituents is 2. The van der Waals surface area contributed by atoms with E-state index in [1.807, 2.05) is 0 Å². The van der Waals surface area contributed by atoms with Gasteiger partial charge in [0.2, 0.25) is 5.78 Å². The quantitative estimate of drug-likeness (QED) is 0.269.